The number of nitrogens with zero attached hydrogens (tertiary/aromatic N) is 5. The van der Waals surface area contributed by atoms with E-state index in [-0.39, 0.29) is 10.6 Å². The summed E-state index contributed by atoms with van der Waals surface area (Å²) in [6, 6.07) is 22.3. The monoisotopic (exact) mass is 521 g/mol. The fraction of sp³-hybridized carbons (Fsp3) is 0.333. The first kappa shape index (κ1) is 25.0. The smallest absolute Gasteiger partial charge is 0.292 e. The summed E-state index contributed by atoms with van der Waals surface area (Å²) in [5.41, 5.74) is 3.75. The zero-order valence-electron chi connectivity index (χ0n) is 20.9. The molecule has 9 nitrogen and oxygen atoms in total. The minimum atomic E-state index is -3.55. The minimum absolute atomic E-state index is 0.0949. The summed E-state index contributed by atoms with van der Waals surface area (Å²) >= 11 is 0. The lowest BCUT2D eigenvalue weighted by Crippen LogP contribution is -2.49. The number of anilines is 3. The van der Waals surface area contributed by atoms with E-state index < -0.39 is 10.0 Å². The van der Waals surface area contributed by atoms with Crippen molar-refractivity contribution in [3.8, 4) is 0 Å². The molecule has 0 aliphatic carbocycles. The summed E-state index contributed by atoms with van der Waals surface area (Å²) in [4.78, 5) is 18.3. The molecule has 5 rings (SSSR count). The predicted molar refractivity (Wildman–Crippen MR) is 146 cm³/mol. The molecule has 0 atom stereocenters. The maximum absolute atomic E-state index is 13.1. The molecule has 3 aromatic carbocycles. The van der Waals surface area contributed by atoms with Gasteiger partial charge < -0.3 is 14.7 Å². The van der Waals surface area contributed by atoms with E-state index >= 15 is 0 Å². The molecule has 10 heteroatoms. The molecule has 0 spiro atoms. The summed E-state index contributed by atoms with van der Waals surface area (Å²) in [6.45, 7) is 6.60. The Morgan fingerprint density at radius 2 is 1.27 bits per heavy atom. The summed E-state index contributed by atoms with van der Waals surface area (Å²) in [7, 11) is -3.55. The van der Waals surface area contributed by atoms with Gasteiger partial charge in [-0.15, -0.1) is 0 Å². The molecule has 2 saturated heterocycles. The number of piperazine rings is 2. The molecule has 2 heterocycles. The van der Waals surface area contributed by atoms with Crippen LogP contribution in [-0.2, 0) is 10.0 Å². The third kappa shape index (κ3) is 5.26. The first-order valence-electron chi connectivity index (χ1n) is 12.5. The number of sulfonamides is 1. The Hall–Kier alpha value is -3.63. The SMILES string of the molecule is Cc1ccc(S(=O)(=O)N2CCN(c3ccc([N+](=O)[O-])c(N4CCN(c5ccccc5)CC4)c3)CC2)cc1. The van der Waals surface area contributed by atoms with Crippen molar-refractivity contribution in [3.63, 3.8) is 0 Å². The van der Waals surface area contributed by atoms with E-state index in [9.17, 15) is 18.5 Å². The highest BCUT2D eigenvalue weighted by Gasteiger charge is 2.30. The second-order valence-corrected chi connectivity index (χ2v) is 11.4. The van der Waals surface area contributed by atoms with Crippen LogP contribution in [0.2, 0.25) is 0 Å². The third-order valence-corrected chi connectivity index (χ3v) is 9.07. The molecule has 0 bridgehead atoms. The van der Waals surface area contributed by atoms with Gasteiger partial charge in [0.2, 0.25) is 10.0 Å². The number of nitro benzene ring substituents is 1. The van der Waals surface area contributed by atoms with E-state index in [0.29, 0.717) is 49.9 Å². The Bertz CT molecular complexity index is 1350. The van der Waals surface area contributed by atoms with Crippen molar-refractivity contribution in [2.45, 2.75) is 11.8 Å². The van der Waals surface area contributed by atoms with Gasteiger partial charge in [0.15, 0.2) is 0 Å². The van der Waals surface area contributed by atoms with Crippen molar-refractivity contribution in [3.05, 3.63) is 88.5 Å². The topological polar surface area (TPSA) is 90.2 Å². The normalized spacial score (nSPS) is 17.2. The average molecular weight is 522 g/mol. The quantitative estimate of drug-likeness (QED) is 0.361. The van der Waals surface area contributed by atoms with E-state index in [1.807, 2.05) is 31.2 Å². The van der Waals surface area contributed by atoms with Crippen LogP contribution in [0.3, 0.4) is 0 Å². The molecule has 0 N–H and O–H groups in total. The highest BCUT2D eigenvalue weighted by atomic mass is 32.2. The van der Waals surface area contributed by atoms with Gasteiger partial charge in [-0.3, -0.25) is 10.1 Å². The van der Waals surface area contributed by atoms with Crippen LogP contribution in [0.15, 0.2) is 77.7 Å². The van der Waals surface area contributed by atoms with Crippen LogP contribution >= 0.6 is 0 Å². The van der Waals surface area contributed by atoms with Crippen LogP contribution in [0.4, 0.5) is 22.7 Å². The number of rotatable bonds is 6. The van der Waals surface area contributed by atoms with Crippen molar-refractivity contribution >= 4 is 32.8 Å². The van der Waals surface area contributed by atoms with Gasteiger partial charge in [-0.25, -0.2) is 8.42 Å². The first-order valence-corrected chi connectivity index (χ1v) is 13.9. The van der Waals surface area contributed by atoms with E-state index in [1.54, 1.807) is 36.4 Å². The number of para-hydroxylation sites is 1. The molecule has 2 aliphatic rings. The number of aryl methyl sites for hydroxylation is 1. The van der Waals surface area contributed by atoms with E-state index in [4.69, 9.17) is 0 Å². The molecule has 37 heavy (non-hydrogen) atoms. The standard InChI is InChI=1S/C27H31N5O4S/c1-22-7-10-25(11-8-22)37(35,36)31-19-17-29(18-20-31)24-9-12-26(32(33)34)27(21-24)30-15-13-28(14-16-30)23-5-3-2-4-6-23/h2-12,21H,13-20H2,1H3. The number of hydrogen-bond acceptors (Lipinski definition) is 7. The Balaban J connectivity index is 1.29. The fourth-order valence-electron chi connectivity index (χ4n) is 5.01. The molecular formula is C27H31N5O4S. The summed E-state index contributed by atoms with van der Waals surface area (Å²) < 4.78 is 27.7. The lowest BCUT2D eigenvalue weighted by atomic mass is 10.1. The number of benzene rings is 3. The molecular weight excluding hydrogens is 490 g/mol. The first-order chi connectivity index (χ1) is 17.8. The Labute approximate surface area is 217 Å². The molecule has 0 saturated carbocycles. The van der Waals surface area contributed by atoms with Crippen molar-refractivity contribution < 1.29 is 13.3 Å². The van der Waals surface area contributed by atoms with Crippen LogP contribution in [0.25, 0.3) is 0 Å². The van der Waals surface area contributed by atoms with Gasteiger partial charge in [-0.05, 0) is 43.3 Å². The van der Waals surface area contributed by atoms with Gasteiger partial charge in [0.05, 0.1) is 9.82 Å². The van der Waals surface area contributed by atoms with Crippen LogP contribution < -0.4 is 14.7 Å². The summed E-state index contributed by atoms with van der Waals surface area (Å²) in [6.07, 6.45) is 0. The Morgan fingerprint density at radius 1 is 0.703 bits per heavy atom. The highest BCUT2D eigenvalue weighted by molar-refractivity contribution is 7.89. The van der Waals surface area contributed by atoms with Gasteiger partial charge in [-0.2, -0.15) is 4.31 Å². The van der Waals surface area contributed by atoms with Crippen molar-refractivity contribution in [2.24, 2.45) is 0 Å². The Morgan fingerprint density at radius 3 is 1.89 bits per heavy atom. The Kier molecular flexibility index (Phi) is 7.03. The van der Waals surface area contributed by atoms with Gasteiger partial charge in [0, 0.05) is 69.8 Å². The second-order valence-electron chi connectivity index (χ2n) is 9.44. The number of nitro groups is 1. The molecule has 3 aromatic rings. The fourth-order valence-corrected chi connectivity index (χ4v) is 6.43. The third-order valence-electron chi connectivity index (χ3n) is 7.16. The largest absolute Gasteiger partial charge is 0.369 e. The van der Waals surface area contributed by atoms with Gasteiger partial charge in [0.1, 0.15) is 5.69 Å². The van der Waals surface area contributed by atoms with E-state index in [0.717, 1.165) is 30.0 Å². The maximum atomic E-state index is 13.1. The number of hydrogen-bond donors (Lipinski definition) is 0. The molecule has 0 radical (unpaired) electrons. The van der Waals surface area contributed by atoms with E-state index in [1.165, 1.54) is 4.31 Å². The zero-order chi connectivity index (χ0) is 26.0. The molecule has 0 unspecified atom stereocenters. The van der Waals surface area contributed by atoms with Crippen molar-refractivity contribution in [1.29, 1.82) is 0 Å². The van der Waals surface area contributed by atoms with Crippen LogP contribution in [-0.4, -0.2) is 70.0 Å². The molecule has 0 amide bonds. The average Bonchev–Trinajstić information content (AvgIpc) is 2.93. The van der Waals surface area contributed by atoms with Gasteiger partial charge in [0.25, 0.3) is 5.69 Å². The molecule has 2 aliphatic heterocycles. The second kappa shape index (κ2) is 10.4. The minimum Gasteiger partial charge on any atom is -0.369 e. The van der Waals surface area contributed by atoms with Crippen LogP contribution in [0.5, 0.6) is 0 Å². The van der Waals surface area contributed by atoms with Crippen LogP contribution in [0.1, 0.15) is 5.56 Å². The predicted octanol–water partition coefficient (Wildman–Crippen LogP) is 3.74. The van der Waals surface area contributed by atoms with Crippen LogP contribution in [0, 0.1) is 17.0 Å². The highest BCUT2D eigenvalue weighted by Crippen LogP contribution is 2.34. The van der Waals surface area contributed by atoms with E-state index in [2.05, 4.69) is 26.8 Å². The van der Waals surface area contributed by atoms with Crippen molar-refractivity contribution in [2.75, 3.05) is 67.1 Å². The molecule has 194 valence electrons. The molecule has 0 aromatic heterocycles. The maximum Gasteiger partial charge on any atom is 0.292 e. The summed E-state index contributed by atoms with van der Waals surface area (Å²) in [5.74, 6) is 0. The zero-order valence-corrected chi connectivity index (χ0v) is 21.7. The lowest BCUT2D eigenvalue weighted by molar-refractivity contribution is -0.384. The van der Waals surface area contributed by atoms with Crippen molar-refractivity contribution in [1.82, 2.24) is 4.31 Å². The van der Waals surface area contributed by atoms with Gasteiger partial charge >= 0.3 is 0 Å². The summed E-state index contributed by atoms with van der Waals surface area (Å²) in [5, 5.41) is 11.8. The van der Waals surface area contributed by atoms with Gasteiger partial charge in [-0.1, -0.05) is 35.9 Å². The lowest BCUT2D eigenvalue weighted by Gasteiger charge is -2.38. The molecule has 2 fully saturated rings.